The monoisotopic (exact) mass is 363 g/mol. The average Bonchev–Trinajstić information content (AvgIpc) is 3.05. The van der Waals surface area contributed by atoms with Gasteiger partial charge in [-0.3, -0.25) is 9.78 Å². The van der Waals surface area contributed by atoms with Crippen LogP contribution >= 0.6 is 11.6 Å². The molecule has 0 unspecified atom stereocenters. The van der Waals surface area contributed by atoms with Gasteiger partial charge in [0, 0.05) is 29.5 Å². The maximum absolute atomic E-state index is 12.1. The molecule has 0 fully saturated rings. The molecule has 1 N–H and O–H groups in total. The third-order valence-corrected chi connectivity index (χ3v) is 4.12. The van der Waals surface area contributed by atoms with Gasteiger partial charge in [-0.1, -0.05) is 23.7 Å². The molecular weight excluding hydrogens is 350 g/mol. The van der Waals surface area contributed by atoms with E-state index in [9.17, 15) is 4.79 Å². The number of oxazole rings is 1. The van der Waals surface area contributed by atoms with Crippen LogP contribution in [0, 0.1) is 0 Å². The van der Waals surface area contributed by atoms with Crippen LogP contribution in [0.4, 0.5) is 5.69 Å². The van der Waals surface area contributed by atoms with Crippen molar-refractivity contribution < 1.29 is 9.21 Å². The van der Waals surface area contributed by atoms with E-state index in [0.29, 0.717) is 34.2 Å². The summed E-state index contributed by atoms with van der Waals surface area (Å²) in [5.41, 5.74) is 3.72. The average molecular weight is 364 g/mol. The fourth-order valence-corrected chi connectivity index (χ4v) is 2.77. The molecule has 4 rings (SSSR count). The van der Waals surface area contributed by atoms with E-state index in [2.05, 4.69) is 15.3 Å². The largest absolute Gasteiger partial charge is 0.440 e. The minimum absolute atomic E-state index is 0.193. The highest BCUT2D eigenvalue weighted by atomic mass is 35.5. The molecule has 0 atom stereocenters. The summed E-state index contributed by atoms with van der Waals surface area (Å²) in [6, 6.07) is 16.4. The lowest BCUT2D eigenvalue weighted by Crippen LogP contribution is -2.11. The summed E-state index contributed by atoms with van der Waals surface area (Å²) in [5, 5.41) is 3.47. The summed E-state index contributed by atoms with van der Waals surface area (Å²) in [6.45, 7) is 0. The zero-order valence-corrected chi connectivity index (χ0v) is 14.4. The molecule has 4 aromatic rings. The number of hydrogen-bond acceptors (Lipinski definition) is 4. The van der Waals surface area contributed by atoms with Gasteiger partial charge < -0.3 is 9.73 Å². The van der Waals surface area contributed by atoms with Gasteiger partial charge in [-0.05, 0) is 48.0 Å². The third-order valence-electron chi connectivity index (χ3n) is 3.88. The fourth-order valence-electron chi connectivity index (χ4n) is 2.60. The molecule has 0 bridgehead atoms. The van der Waals surface area contributed by atoms with E-state index in [1.165, 1.54) is 6.20 Å². The summed E-state index contributed by atoms with van der Waals surface area (Å²) < 4.78 is 5.73. The van der Waals surface area contributed by atoms with Gasteiger partial charge in [-0.15, -0.1) is 0 Å². The lowest BCUT2D eigenvalue weighted by atomic mass is 10.1. The molecule has 26 heavy (non-hydrogen) atoms. The quantitative estimate of drug-likeness (QED) is 0.569. The Balaban J connectivity index is 1.46. The number of halogens is 1. The number of fused-ring (bicyclic) bond motifs is 1. The highest BCUT2D eigenvalue weighted by Gasteiger charge is 2.09. The van der Waals surface area contributed by atoms with Crippen LogP contribution in [0.5, 0.6) is 0 Å². The number of carbonyl (C=O) groups excluding carboxylic acids is 1. The molecular formula is C20H14ClN3O2. The predicted octanol–water partition coefficient (Wildman–Crippen LogP) is 4.72. The van der Waals surface area contributed by atoms with Gasteiger partial charge in [0.25, 0.3) is 5.91 Å². The summed E-state index contributed by atoms with van der Waals surface area (Å²) in [6.07, 6.45) is 3.72. The molecule has 128 valence electrons. The zero-order valence-electron chi connectivity index (χ0n) is 13.6. The predicted molar refractivity (Wildman–Crippen MR) is 100 cm³/mol. The number of nitrogens with one attached hydrogen (secondary N) is 1. The lowest BCUT2D eigenvalue weighted by Gasteiger charge is -2.05. The number of carbonyl (C=O) groups is 1. The van der Waals surface area contributed by atoms with Crippen molar-refractivity contribution in [2.45, 2.75) is 6.42 Å². The van der Waals surface area contributed by atoms with E-state index in [4.69, 9.17) is 16.0 Å². The summed E-state index contributed by atoms with van der Waals surface area (Å²) in [7, 11) is 0. The minimum atomic E-state index is -0.193. The van der Waals surface area contributed by atoms with Crippen molar-refractivity contribution >= 4 is 34.3 Å². The number of aromatic nitrogens is 2. The second kappa shape index (κ2) is 6.98. The summed E-state index contributed by atoms with van der Waals surface area (Å²) >= 11 is 5.97. The number of pyridine rings is 1. The van der Waals surface area contributed by atoms with Gasteiger partial charge >= 0.3 is 0 Å². The lowest BCUT2D eigenvalue weighted by molar-refractivity contribution is 0.102. The second-order valence-electron chi connectivity index (χ2n) is 5.79. The van der Waals surface area contributed by atoms with Crippen LogP contribution in [0.2, 0.25) is 5.02 Å². The topological polar surface area (TPSA) is 68.0 Å². The van der Waals surface area contributed by atoms with Crippen molar-refractivity contribution in [3.05, 3.63) is 89.0 Å². The first-order valence-corrected chi connectivity index (χ1v) is 8.40. The van der Waals surface area contributed by atoms with Gasteiger partial charge in [0.15, 0.2) is 11.5 Å². The number of anilines is 1. The number of hydrogen-bond donors (Lipinski definition) is 1. The molecule has 2 aromatic carbocycles. The van der Waals surface area contributed by atoms with Gasteiger partial charge in [-0.25, -0.2) is 4.98 Å². The van der Waals surface area contributed by atoms with Crippen molar-refractivity contribution in [2.24, 2.45) is 0 Å². The first-order chi connectivity index (χ1) is 12.7. The smallest absolute Gasteiger partial charge is 0.257 e. The van der Waals surface area contributed by atoms with Crippen molar-refractivity contribution in [1.29, 1.82) is 0 Å². The molecule has 5 nitrogen and oxygen atoms in total. The second-order valence-corrected chi connectivity index (χ2v) is 6.23. The van der Waals surface area contributed by atoms with Crippen molar-refractivity contribution in [3.63, 3.8) is 0 Å². The highest BCUT2D eigenvalue weighted by Crippen LogP contribution is 2.22. The van der Waals surface area contributed by atoms with Gasteiger partial charge in [0.2, 0.25) is 0 Å². The molecule has 2 heterocycles. The van der Waals surface area contributed by atoms with E-state index in [1.807, 2.05) is 30.3 Å². The molecule has 0 spiro atoms. The Labute approximate surface area is 154 Å². The SMILES string of the molecule is O=C(Nc1ccc(Cc2nc3cc(Cl)ccc3o2)cc1)c1cccnc1. The molecule has 0 aliphatic heterocycles. The fraction of sp³-hybridized carbons (Fsp3) is 0.0500. The normalized spacial score (nSPS) is 10.8. The number of amides is 1. The Hall–Kier alpha value is -3.18. The molecule has 0 aliphatic rings. The molecule has 0 saturated carbocycles. The molecule has 1 amide bonds. The Morgan fingerprint density at radius 2 is 1.96 bits per heavy atom. The first kappa shape index (κ1) is 16.3. The first-order valence-electron chi connectivity index (χ1n) is 8.03. The van der Waals surface area contributed by atoms with Crippen molar-refractivity contribution in [1.82, 2.24) is 9.97 Å². The van der Waals surface area contributed by atoms with Crippen LogP contribution in [0.3, 0.4) is 0 Å². The number of nitrogens with zero attached hydrogens (tertiary/aromatic N) is 2. The Bertz CT molecular complexity index is 1060. The van der Waals surface area contributed by atoms with Crippen LogP contribution < -0.4 is 5.32 Å². The number of benzene rings is 2. The molecule has 0 radical (unpaired) electrons. The molecule has 6 heteroatoms. The van der Waals surface area contributed by atoms with Crippen LogP contribution in [-0.4, -0.2) is 15.9 Å². The minimum Gasteiger partial charge on any atom is -0.440 e. The molecule has 2 aromatic heterocycles. The van der Waals surface area contributed by atoms with Gasteiger partial charge in [0.05, 0.1) is 5.56 Å². The maximum atomic E-state index is 12.1. The highest BCUT2D eigenvalue weighted by molar-refractivity contribution is 6.31. The summed E-state index contributed by atoms with van der Waals surface area (Å²) in [5.74, 6) is 0.427. The Morgan fingerprint density at radius 3 is 2.73 bits per heavy atom. The van der Waals surface area contributed by atoms with E-state index in [-0.39, 0.29) is 5.91 Å². The third kappa shape index (κ3) is 3.58. The molecule has 0 aliphatic carbocycles. The van der Waals surface area contributed by atoms with E-state index in [1.54, 1.807) is 30.5 Å². The Kier molecular flexibility index (Phi) is 4.37. The van der Waals surface area contributed by atoms with Gasteiger partial charge in [-0.2, -0.15) is 0 Å². The van der Waals surface area contributed by atoms with Gasteiger partial charge in [0.1, 0.15) is 5.52 Å². The standard InChI is InChI=1S/C20H14ClN3O2/c21-15-5-8-18-17(11-15)24-19(26-18)10-13-3-6-16(7-4-13)23-20(25)14-2-1-9-22-12-14/h1-9,11-12H,10H2,(H,23,25). The van der Waals surface area contributed by atoms with Crippen molar-refractivity contribution in [2.75, 3.05) is 5.32 Å². The Morgan fingerprint density at radius 1 is 1.12 bits per heavy atom. The summed E-state index contributed by atoms with van der Waals surface area (Å²) in [4.78, 5) is 20.5. The molecule has 0 saturated heterocycles. The van der Waals surface area contributed by atoms with Crippen LogP contribution in [0.1, 0.15) is 21.8 Å². The van der Waals surface area contributed by atoms with E-state index < -0.39 is 0 Å². The van der Waals surface area contributed by atoms with Crippen LogP contribution in [-0.2, 0) is 6.42 Å². The van der Waals surface area contributed by atoms with E-state index >= 15 is 0 Å². The van der Waals surface area contributed by atoms with E-state index in [0.717, 1.165) is 11.1 Å². The zero-order chi connectivity index (χ0) is 17.9. The maximum Gasteiger partial charge on any atom is 0.257 e. The number of rotatable bonds is 4. The van der Waals surface area contributed by atoms with Crippen LogP contribution in [0.15, 0.2) is 71.4 Å². The van der Waals surface area contributed by atoms with Crippen molar-refractivity contribution in [3.8, 4) is 0 Å². The van der Waals surface area contributed by atoms with Crippen LogP contribution in [0.25, 0.3) is 11.1 Å².